The van der Waals surface area contributed by atoms with Crippen LogP contribution in [0.2, 0.25) is 0 Å². The smallest absolute Gasteiger partial charge is 0.433 e. The number of piperidine rings is 1. The molecule has 0 amide bonds. The Kier molecular flexibility index (Phi) is 4.12. The number of rotatable bonds is 3. The highest BCUT2D eigenvalue weighted by atomic mass is 19.4. The van der Waals surface area contributed by atoms with Crippen molar-refractivity contribution in [2.24, 2.45) is 0 Å². The monoisotopic (exact) mass is 290 g/mol. The number of carboxylic acid groups (broad SMARTS) is 1. The molecular formula is C12H13F3N2O3. The van der Waals surface area contributed by atoms with Crippen LogP contribution in [0.3, 0.4) is 0 Å². The first kappa shape index (κ1) is 14.6. The average Bonchev–Trinajstić information content (AvgIpc) is 2.38. The van der Waals surface area contributed by atoms with E-state index in [0.717, 1.165) is 19.0 Å². The largest absolute Gasteiger partial charge is 0.478 e. The summed E-state index contributed by atoms with van der Waals surface area (Å²) in [7, 11) is 0. The molecule has 0 unspecified atom stereocenters. The van der Waals surface area contributed by atoms with E-state index < -0.39 is 23.4 Å². The number of pyridine rings is 1. The van der Waals surface area contributed by atoms with Gasteiger partial charge in [0.2, 0.25) is 5.88 Å². The average molecular weight is 290 g/mol. The van der Waals surface area contributed by atoms with Gasteiger partial charge in [-0.2, -0.15) is 13.2 Å². The summed E-state index contributed by atoms with van der Waals surface area (Å²) in [6, 6.07) is 1.50. The first-order chi connectivity index (χ1) is 9.36. The van der Waals surface area contributed by atoms with Gasteiger partial charge in [-0.25, -0.2) is 9.78 Å². The van der Waals surface area contributed by atoms with Gasteiger partial charge >= 0.3 is 12.1 Å². The fourth-order valence-electron chi connectivity index (χ4n) is 1.93. The lowest BCUT2D eigenvalue weighted by atomic mass is 10.1. The summed E-state index contributed by atoms with van der Waals surface area (Å²) in [5.74, 6) is -1.77. The van der Waals surface area contributed by atoms with Gasteiger partial charge in [0.15, 0.2) is 0 Å². The molecule has 1 saturated heterocycles. The normalized spacial score (nSPS) is 19.6. The number of aromatic nitrogens is 1. The van der Waals surface area contributed by atoms with Gasteiger partial charge in [-0.3, -0.25) is 0 Å². The Morgan fingerprint density at radius 3 is 2.75 bits per heavy atom. The van der Waals surface area contributed by atoms with Crippen LogP contribution in [0, 0.1) is 0 Å². The van der Waals surface area contributed by atoms with Crippen molar-refractivity contribution in [1.29, 1.82) is 0 Å². The maximum absolute atomic E-state index is 12.7. The minimum atomic E-state index is -4.71. The molecule has 2 heterocycles. The summed E-state index contributed by atoms with van der Waals surface area (Å²) < 4.78 is 43.3. The van der Waals surface area contributed by atoms with Crippen molar-refractivity contribution in [3.05, 3.63) is 23.4 Å². The highest BCUT2D eigenvalue weighted by Crippen LogP contribution is 2.30. The summed E-state index contributed by atoms with van der Waals surface area (Å²) in [5.41, 5.74) is -1.76. The van der Waals surface area contributed by atoms with Gasteiger partial charge in [0.05, 0.1) is 5.56 Å². The Hall–Kier alpha value is -1.83. The first-order valence-electron chi connectivity index (χ1n) is 6.06. The van der Waals surface area contributed by atoms with Crippen molar-refractivity contribution in [2.75, 3.05) is 13.1 Å². The Morgan fingerprint density at radius 2 is 2.20 bits per heavy atom. The van der Waals surface area contributed by atoms with Gasteiger partial charge in [-0.15, -0.1) is 0 Å². The van der Waals surface area contributed by atoms with E-state index in [1.54, 1.807) is 0 Å². The van der Waals surface area contributed by atoms with E-state index in [1.807, 2.05) is 0 Å². The maximum Gasteiger partial charge on any atom is 0.433 e. The number of hydrogen-bond acceptors (Lipinski definition) is 4. The van der Waals surface area contributed by atoms with Gasteiger partial charge in [-0.1, -0.05) is 0 Å². The van der Waals surface area contributed by atoms with Gasteiger partial charge in [0.25, 0.3) is 0 Å². The van der Waals surface area contributed by atoms with Crippen molar-refractivity contribution in [3.63, 3.8) is 0 Å². The third-order valence-corrected chi connectivity index (χ3v) is 2.88. The van der Waals surface area contributed by atoms with Gasteiger partial charge in [-0.05, 0) is 25.5 Å². The molecule has 1 aromatic heterocycles. The van der Waals surface area contributed by atoms with Gasteiger partial charge in [0, 0.05) is 12.6 Å². The molecule has 2 rings (SSSR count). The molecule has 1 aliphatic rings. The molecule has 1 atom stereocenters. The molecule has 2 N–H and O–H groups in total. The Bertz CT molecular complexity index is 499. The molecule has 8 heteroatoms. The lowest BCUT2D eigenvalue weighted by Gasteiger charge is -2.23. The highest BCUT2D eigenvalue weighted by molar-refractivity contribution is 5.88. The number of nitrogens with zero attached hydrogens (tertiary/aromatic N) is 1. The van der Waals surface area contributed by atoms with Gasteiger partial charge < -0.3 is 15.2 Å². The zero-order valence-electron chi connectivity index (χ0n) is 10.4. The van der Waals surface area contributed by atoms with Crippen molar-refractivity contribution in [1.82, 2.24) is 10.3 Å². The van der Waals surface area contributed by atoms with Crippen LogP contribution in [0.25, 0.3) is 0 Å². The third kappa shape index (κ3) is 3.60. The molecule has 1 aliphatic heterocycles. The van der Waals surface area contributed by atoms with E-state index in [1.165, 1.54) is 0 Å². The molecule has 0 radical (unpaired) electrons. The minimum Gasteiger partial charge on any atom is -0.478 e. The number of carboxylic acids is 1. The Labute approximate surface area is 112 Å². The van der Waals surface area contributed by atoms with Crippen LogP contribution in [0.5, 0.6) is 5.88 Å². The predicted octanol–water partition coefficient (Wildman–Crippen LogP) is 1.93. The summed E-state index contributed by atoms with van der Waals surface area (Å²) in [6.45, 7) is 1.33. The van der Waals surface area contributed by atoms with Crippen LogP contribution >= 0.6 is 0 Å². The standard InChI is InChI=1S/C12H13F3N2O3/c13-12(14,15)9-4-7(11(18)19)5-10(17-9)20-8-2-1-3-16-6-8/h4-5,8,16H,1-3,6H2,(H,18,19)/t8-/m0/s1. The summed E-state index contributed by atoms with van der Waals surface area (Å²) in [4.78, 5) is 14.2. The van der Waals surface area contributed by atoms with Crippen LogP contribution in [-0.4, -0.2) is 35.3 Å². The second kappa shape index (κ2) is 5.66. The minimum absolute atomic E-state index is 0.304. The number of carbonyl (C=O) groups is 1. The number of alkyl halides is 3. The lowest BCUT2D eigenvalue weighted by molar-refractivity contribution is -0.141. The molecule has 0 spiro atoms. The molecule has 110 valence electrons. The first-order valence-corrected chi connectivity index (χ1v) is 6.06. The van der Waals surface area contributed by atoms with Crippen LogP contribution in [0.15, 0.2) is 12.1 Å². The van der Waals surface area contributed by atoms with E-state index in [0.29, 0.717) is 19.0 Å². The predicted molar refractivity (Wildman–Crippen MR) is 62.7 cm³/mol. The van der Waals surface area contributed by atoms with Crippen molar-refractivity contribution >= 4 is 5.97 Å². The molecule has 5 nitrogen and oxygen atoms in total. The highest BCUT2D eigenvalue weighted by Gasteiger charge is 2.34. The third-order valence-electron chi connectivity index (χ3n) is 2.88. The molecular weight excluding hydrogens is 277 g/mol. The van der Waals surface area contributed by atoms with Crippen LogP contribution in [0.1, 0.15) is 28.9 Å². The zero-order valence-corrected chi connectivity index (χ0v) is 10.4. The quantitative estimate of drug-likeness (QED) is 0.890. The molecule has 0 saturated carbocycles. The zero-order chi connectivity index (χ0) is 14.8. The van der Waals surface area contributed by atoms with Crippen molar-refractivity contribution < 1.29 is 27.8 Å². The van der Waals surface area contributed by atoms with Gasteiger partial charge in [0.1, 0.15) is 11.8 Å². The SMILES string of the molecule is O=C(O)c1cc(O[C@H]2CCCNC2)nc(C(F)(F)F)c1. The topological polar surface area (TPSA) is 71.5 Å². The summed E-state index contributed by atoms with van der Waals surface area (Å²) >= 11 is 0. The lowest BCUT2D eigenvalue weighted by Crippen LogP contribution is -2.37. The van der Waals surface area contributed by atoms with Crippen LogP contribution in [-0.2, 0) is 6.18 Å². The fraction of sp³-hybridized carbons (Fsp3) is 0.500. The maximum atomic E-state index is 12.7. The van der Waals surface area contributed by atoms with E-state index in [2.05, 4.69) is 10.3 Å². The van der Waals surface area contributed by atoms with Crippen LogP contribution < -0.4 is 10.1 Å². The van der Waals surface area contributed by atoms with E-state index in [-0.39, 0.29) is 12.0 Å². The summed E-state index contributed by atoms with van der Waals surface area (Å²) in [5, 5.41) is 11.9. The molecule has 20 heavy (non-hydrogen) atoms. The molecule has 0 aromatic carbocycles. The molecule has 0 aliphatic carbocycles. The number of ether oxygens (including phenoxy) is 1. The Balaban J connectivity index is 2.26. The van der Waals surface area contributed by atoms with E-state index >= 15 is 0 Å². The van der Waals surface area contributed by atoms with E-state index in [4.69, 9.17) is 9.84 Å². The van der Waals surface area contributed by atoms with Crippen molar-refractivity contribution in [3.8, 4) is 5.88 Å². The fourth-order valence-corrected chi connectivity index (χ4v) is 1.93. The van der Waals surface area contributed by atoms with Crippen LogP contribution in [0.4, 0.5) is 13.2 Å². The number of hydrogen-bond donors (Lipinski definition) is 2. The number of nitrogens with one attached hydrogen (secondary N) is 1. The van der Waals surface area contributed by atoms with Crippen molar-refractivity contribution in [2.45, 2.75) is 25.1 Å². The second-order valence-electron chi connectivity index (χ2n) is 4.47. The Morgan fingerprint density at radius 1 is 1.45 bits per heavy atom. The molecule has 0 bridgehead atoms. The summed E-state index contributed by atoms with van der Waals surface area (Å²) in [6.07, 6.45) is -3.49. The molecule has 1 aromatic rings. The van der Waals surface area contributed by atoms with E-state index in [9.17, 15) is 18.0 Å². The molecule has 1 fully saturated rings. The number of aromatic carboxylic acids is 1. The second-order valence-corrected chi connectivity index (χ2v) is 4.47. The number of halogens is 3.